The molecule has 0 amide bonds. The van der Waals surface area contributed by atoms with Gasteiger partial charge in [0.2, 0.25) is 0 Å². The number of nitrogens with zero attached hydrogens (tertiary/aromatic N) is 4. The van der Waals surface area contributed by atoms with Crippen molar-refractivity contribution in [3.05, 3.63) is 169 Å². The van der Waals surface area contributed by atoms with Gasteiger partial charge >= 0.3 is 0 Å². The van der Waals surface area contributed by atoms with Gasteiger partial charge < -0.3 is 4.57 Å². The van der Waals surface area contributed by atoms with Gasteiger partial charge in [-0.15, -0.1) is 11.3 Å². The third-order valence-electron chi connectivity index (χ3n) is 9.67. The second kappa shape index (κ2) is 11.9. The lowest BCUT2D eigenvalue weighted by atomic mass is 9.96. The average Bonchev–Trinajstić information content (AvgIpc) is 3.74. The van der Waals surface area contributed by atoms with Crippen molar-refractivity contribution in [2.45, 2.75) is 6.92 Å². The van der Waals surface area contributed by atoms with Crippen LogP contribution in [0.2, 0.25) is 0 Å². The van der Waals surface area contributed by atoms with E-state index in [9.17, 15) is 0 Å². The van der Waals surface area contributed by atoms with Crippen molar-refractivity contribution < 1.29 is 0 Å². The molecular weight excluding hydrogens is 641 g/mol. The Morgan fingerprint density at radius 1 is 0.451 bits per heavy atom. The quantitative estimate of drug-likeness (QED) is 0.183. The van der Waals surface area contributed by atoms with E-state index in [0.717, 1.165) is 49.9 Å². The molecule has 0 aliphatic carbocycles. The topological polar surface area (TPSA) is 43.6 Å². The maximum atomic E-state index is 5.30. The molecule has 3 heterocycles. The average molecular weight is 671 g/mol. The first-order valence-electron chi connectivity index (χ1n) is 17.1. The molecule has 0 N–H and O–H groups in total. The van der Waals surface area contributed by atoms with E-state index in [2.05, 4.69) is 157 Å². The number of aromatic nitrogens is 4. The van der Waals surface area contributed by atoms with E-state index in [4.69, 9.17) is 15.0 Å². The molecule has 0 spiro atoms. The fourth-order valence-corrected chi connectivity index (χ4v) is 8.60. The fraction of sp³-hybridized carbons (Fsp3) is 0.0217. The Balaban J connectivity index is 1.23. The summed E-state index contributed by atoms with van der Waals surface area (Å²) in [6.07, 6.45) is 0. The van der Waals surface area contributed by atoms with Gasteiger partial charge in [0.15, 0.2) is 17.5 Å². The summed E-state index contributed by atoms with van der Waals surface area (Å²) >= 11 is 1.84. The maximum absolute atomic E-state index is 5.30. The molecule has 0 unspecified atom stereocenters. The number of hydrogen-bond acceptors (Lipinski definition) is 4. The van der Waals surface area contributed by atoms with Crippen LogP contribution in [-0.4, -0.2) is 19.5 Å². The van der Waals surface area contributed by atoms with Gasteiger partial charge in [0.1, 0.15) is 0 Å². The van der Waals surface area contributed by atoms with Gasteiger partial charge in [-0.1, -0.05) is 115 Å². The van der Waals surface area contributed by atoms with Crippen LogP contribution in [0.4, 0.5) is 0 Å². The van der Waals surface area contributed by atoms with E-state index >= 15 is 0 Å². The highest BCUT2D eigenvalue weighted by Crippen LogP contribution is 2.42. The van der Waals surface area contributed by atoms with E-state index in [1.807, 2.05) is 29.5 Å². The highest BCUT2D eigenvalue weighted by atomic mass is 32.1. The lowest BCUT2D eigenvalue weighted by Crippen LogP contribution is -2.02. The summed E-state index contributed by atoms with van der Waals surface area (Å²) in [5, 5.41) is 4.92. The van der Waals surface area contributed by atoms with Gasteiger partial charge in [0.25, 0.3) is 0 Å². The van der Waals surface area contributed by atoms with E-state index in [-0.39, 0.29) is 0 Å². The predicted molar refractivity (Wildman–Crippen MR) is 214 cm³/mol. The Bertz CT molecular complexity index is 2920. The summed E-state index contributed by atoms with van der Waals surface area (Å²) in [6.45, 7) is 2.15. The number of thiophene rings is 1. The van der Waals surface area contributed by atoms with Crippen molar-refractivity contribution in [1.29, 1.82) is 0 Å². The van der Waals surface area contributed by atoms with Crippen molar-refractivity contribution in [2.24, 2.45) is 0 Å². The highest BCUT2D eigenvalue weighted by Gasteiger charge is 2.20. The monoisotopic (exact) mass is 670 g/mol. The minimum Gasteiger partial charge on any atom is -0.309 e. The lowest BCUT2D eigenvalue weighted by Gasteiger charge is -2.13. The number of para-hydroxylation sites is 3. The number of fused-ring (bicyclic) bond motifs is 6. The van der Waals surface area contributed by atoms with Crippen molar-refractivity contribution in [2.75, 3.05) is 0 Å². The third kappa shape index (κ3) is 4.93. The third-order valence-corrected chi connectivity index (χ3v) is 10.8. The van der Waals surface area contributed by atoms with E-state index < -0.39 is 0 Å². The largest absolute Gasteiger partial charge is 0.309 e. The van der Waals surface area contributed by atoms with E-state index in [1.165, 1.54) is 31.1 Å². The smallest absolute Gasteiger partial charge is 0.166 e. The molecular formula is C46H30N4S. The highest BCUT2D eigenvalue weighted by molar-refractivity contribution is 7.25. The van der Waals surface area contributed by atoms with Crippen LogP contribution < -0.4 is 0 Å². The molecule has 4 nitrogen and oxygen atoms in total. The van der Waals surface area contributed by atoms with Crippen LogP contribution in [0.15, 0.2) is 164 Å². The first-order chi connectivity index (χ1) is 25.2. The van der Waals surface area contributed by atoms with Crippen molar-refractivity contribution in [1.82, 2.24) is 19.5 Å². The Morgan fingerprint density at radius 2 is 1.06 bits per heavy atom. The molecule has 0 saturated heterocycles. The van der Waals surface area contributed by atoms with Crippen molar-refractivity contribution in [3.8, 4) is 51.0 Å². The molecule has 7 aromatic carbocycles. The van der Waals surface area contributed by atoms with Gasteiger partial charge in [0, 0.05) is 53.3 Å². The van der Waals surface area contributed by atoms with Crippen LogP contribution in [0, 0.1) is 6.92 Å². The number of benzene rings is 7. The minimum absolute atomic E-state index is 0.637. The Labute approximate surface area is 299 Å². The number of aryl methyl sites for hydroxylation is 1. The zero-order chi connectivity index (χ0) is 33.9. The standard InChI is InChI=1S/C46H30N4S/c1-29-26-31(34-20-13-25-41-42(34)37-19-9-11-24-40(37)51-41)28-32(27-29)45-47-44(30-14-4-2-5-15-30)48-46(49-45)38-22-12-21-36-35-18-8-10-23-39(35)50(43(36)38)33-16-6-3-7-17-33/h2-28H,1H3. The van der Waals surface area contributed by atoms with Gasteiger partial charge in [-0.25, -0.2) is 15.0 Å². The zero-order valence-electron chi connectivity index (χ0n) is 27.8. The second-order valence-corrected chi connectivity index (χ2v) is 14.0. The molecule has 51 heavy (non-hydrogen) atoms. The van der Waals surface area contributed by atoms with Crippen LogP contribution in [0.5, 0.6) is 0 Å². The number of rotatable bonds is 5. The molecule has 10 rings (SSSR count). The van der Waals surface area contributed by atoms with Gasteiger partial charge in [-0.2, -0.15) is 0 Å². The maximum Gasteiger partial charge on any atom is 0.166 e. The second-order valence-electron chi connectivity index (χ2n) is 12.9. The lowest BCUT2D eigenvalue weighted by molar-refractivity contribution is 1.07. The van der Waals surface area contributed by atoms with Crippen LogP contribution in [0.3, 0.4) is 0 Å². The Hall–Kier alpha value is -6.43. The Kier molecular flexibility index (Phi) is 6.86. The molecule has 10 aromatic rings. The van der Waals surface area contributed by atoms with Crippen LogP contribution in [0.25, 0.3) is 93.0 Å². The first kappa shape index (κ1) is 29.5. The Morgan fingerprint density at radius 3 is 1.90 bits per heavy atom. The predicted octanol–water partition coefficient (Wildman–Crippen LogP) is 12.3. The SMILES string of the molecule is Cc1cc(-c2nc(-c3ccccc3)nc(-c3cccc4c5ccccc5n(-c5ccccc5)c34)n2)cc(-c2cccc3sc4ccccc4c23)c1. The molecule has 0 aliphatic rings. The summed E-state index contributed by atoms with van der Waals surface area (Å²) in [4.78, 5) is 15.6. The van der Waals surface area contributed by atoms with Crippen LogP contribution in [-0.2, 0) is 0 Å². The van der Waals surface area contributed by atoms with Crippen LogP contribution in [0.1, 0.15) is 5.56 Å². The molecule has 240 valence electrons. The fourth-order valence-electron chi connectivity index (χ4n) is 7.47. The summed E-state index contributed by atoms with van der Waals surface area (Å²) in [7, 11) is 0. The molecule has 5 heteroatoms. The molecule has 3 aromatic heterocycles. The molecule has 0 saturated carbocycles. The molecule has 0 bridgehead atoms. The van der Waals surface area contributed by atoms with E-state index in [0.29, 0.717) is 17.5 Å². The molecule has 0 fully saturated rings. The van der Waals surface area contributed by atoms with Gasteiger partial charge in [-0.3, -0.25) is 0 Å². The molecule has 0 atom stereocenters. The van der Waals surface area contributed by atoms with Crippen LogP contribution >= 0.6 is 11.3 Å². The van der Waals surface area contributed by atoms with Gasteiger partial charge in [0.05, 0.1) is 11.0 Å². The summed E-state index contributed by atoms with van der Waals surface area (Å²) < 4.78 is 4.92. The van der Waals surface area contributed by atoms with E-state index in [1.54, 1.807) is 0 Å². The van der Waals surface area contributed by atoms with Gasteiger partial charge in [-0.05, 0) is 72.1 Å². The van der Waals surface area contributed by atoms with Crippen molar-refractivity contribution in [3.63, 3.8) is 0 Å². The molecule has 0 aliphatic heterocycles. The summed E-state index contributed by atoms with van der Waals surface area (Å²) in [5.41, 5.74) is 9.66. The normalized spacial score (nSPS) is 11.6. The minimum atomic E-state index is 0.637. The summed E-state index contributed by atoms with van der Waals surface area (Å²) in [5.74, 6) is 1.92. The van der Waals surface area contributed by atoms with Crippen molar-refractivity contribution >= 4 is 53.3 Å². The first-order valence-corrected chi connectivity index (χ1v) is 17.9. The zero-order valence-corrected chi connectivity index (χ0v) is 28.6. The number of hydrogen-bond donors (Lipinski definition) is 0. The molecule has 0 radical (unpaired) electrons. The summed E-state index contributed by atoms with van der Waals surface area (Å²) in [6, 6.07) is 57.8.